The van der Waals surface area contributed by atoms with Gasteiger partial charge in [0.15, 0.2) is 0 Å². The van der Waals surface area contributed by atoms with E-state index >= 15 is 0 Å². The minimum absolute atomic E-state index is 0.140. The first-order chi connectivity index (χ1) is 10.6. The monoisotopic (exact) mass is 303 g/mol. The fourth-order valence-corrected chi connectivity index (χ4v) is 3.07. The van der Waals surface area contributed by atoms with Gasteiger partial charge in [0.05, 0.1) is 6.54 Å². The largest absolute Gasteiger partial charge is 0.355 e. The third-order valence-electron chi connectivity index (χ3n) is 4.69. The second-order valence-electron chi connectivity index (χ2n) is 6.60. The van der Waals surface area contributed by atoms with Gasteiger partial charge in [0.1, 0.15) is 0 Å². The zero-order valence-electron chi connectivity index (χ0n) is 13.9. The van der Waals surface area contributed by atoms with Crippen LogP contribution in [0.25, 0.3) is 0 Å². The molecule has 1 aliphatic rings. The van der Waals surface area contributed by atoms with Crippen LogP contribution in [0.15, 0.2) is 24.4 Å². The summed E-state index contributed by atoms with van der Waals surface area (Å²) in [6.45, 7) is 3.45. The first-order valence-electron chi connectivity index (χ1n) is 8.52. The van der Waals surface area contributed by atoms with Crippen LogP contribution < -0.4 is 5.32 Å². The number of aromatic nitrogens is 1. The van der Waals surface area contributed by atoms with Crippen molar-refractivity contribution in [3.8, 4) is 0 Å². The number of nitrogens with zero attached hydrogens (tertiary/aromatic N) is 2. The highest BCUT2D eigenvalue weighted by Crippen LogP contribution is 2.22. The molecule has 1 unspecified atom stereocenters. The smallest absolute Gasteiger partial charge is 0.234 e. The summed E-state index contributed by atoms with van der Waals surface area (Å²) in [7, 11) is 2.01. The van der Waals surface area contributed by atoms with Crippen LogP contribution in [0.2, 0.25) is 0 Å². The van der Waals surface area contributed by atoms with Gasteiger partial charge in [-0.1, -0.05) is 25.3 Å². The third kappa shape index (κ3) is 5.76. The highest BCUT2D eigenvalue weighted by atomic mass is 16.2. The van der Waals surface area contributed by atoms with E-state index in [1.807, 2.05) is 31.4 Å². The molecule has 1 N–H and O–H groups in total. The van der Waals surface area contributed by atoms with Gasteiger partial charge in [0.25, 0.3) is 0 Å². The van der Waals surface area contributed by atoms with Gasteiger partial charge in [0, 0.05) is 30.9 Å². The van der Waals surface area contributed by atoms with Gasteiger partial charge in [-0.15, -0.1) is 0 Å². The van der Waals surface area contributed by atoms with Gasteiger partial charge in [-0.2, -0.15) is 0 Å². The molecule has 1 saturated carbocycles. The van der Waals surface area contributed by atoms with Gasteiger partial charge in [-0.3, -0.25) is 14.7 Å². The normalized spacial score (nSPS) is 17.4. The standard InChI is InChI=1S/C18H29N3O/c1-15(12-17-10-6-7-11-19-17)21(2)14-18(22)20-13-16-8-4-3-5-9-16/h6-7,10-11,15-16H,3-5,8-9,12-14H2,1-2H3,(H,20,22). The van der Waals surface area contributed by atoms with Crippen molar-refractivity contribution in [2.24, 2.45) is 5.92 Å². The molecule has 0 spiro atoms. The van der Waals surface area contributed by atoms with Crippen molar-refractivity contribution in [3.05, 3.63) is 30.1 Å². The topological polar surface area (TPSA) is 45.2 Å². The van der Waals surface area contributed by atoms with E-state index in [4.69, 9.17) is 0 Å². The number of carbonyl (C=O) groups excluding carboxylic acids is 1. The Hall–Kier alpha value is -1.42. The van der Waals surface area contributed by atoms with Crippen molar-refractivity contribution in [1.82, 2.24) is 15.2 Å². The molecular weight excluding hydrogens is 274 g/mol. The Labute approximate surface area is 134 Å². The van der Waals surface area contributed by atoms with Gasteiger partial charge in [0.2, 0.25) is 5.91 Å². The van der Waals surface area contributed by atoms with E-state index in [2.05, 4.69) is 22.1 Å². The average molecular weight is 303 g/mol. The lowest BCUT2D eigenvalue weighted by atomic mass is 9.89. The van der Waals surface area contributed by atoms with E-state index in [9.17, 15) is 4.79 Å². The van der Waals surface area contributed by atoms with Crippen molar-refractivity contribution in [2.45, 2.75) is 51.5 Å². The Morgan fingerprint density at radius 1 is 1.36 bits per heavy atom. The average Bonchev–Trinajstić information content (AvgIpc) is 2.55. The van der Waals surface area contributed by atoms with E-state index in [1.165, 1.54) is 32.1 Å². The molecule has 1 atom stereocenters. The van der Waals surface area contributed by atoms with Gasteiger partial charge in [-0.25, -0.2) is 0 Å². The molecule has 22 heavy (non-hydrogen) atoms. The second-order valence-corrected chi connectivity index (χ2v) is 6.60. The summed E-state index contributed by atoms with van der Waals surface area (Å²) < 4.78 is 0. The molecule has 0 aliphatic heterocycles. The molecule has 0 radical (unpaired) electrons. The van der Waals surface area contributed by atoms with Crippen LogP contribution in [-0.4, -0.2) is 42.0 Å². The Bertz CT molecular complexity index is 443. The van der Waals surface area contributed by atoms with Crippen LogP contribution in [0.5, 0.6) is 0 Å². The molecule has 1 aromatic rings. The van der Waals surface area contributed by atoms with Gasteiger partial charge in [-0.05, 0) is 44.9 Å². The summed E-state index contributed by atoms with van der Waals surface area (Å²) in [5, 5.41) is 3.11. The van der Waals surface area contributed by atoms with Crippen LogP contribution in [0.3, 0.4) is 0 Å². The SMILES string of the molecule is CC(Cc1ccccn1)N(C)CC(=O)NCC1CCCCC1. The molecule has 0 bridgehead atoms. The zero-order chi connectivity index (χ0) is 15.8. The molecule has 1 heterocycles. The maximum Gasteiger partial charge on any atom is 0.234 e. The van der Waals surface area contributed by atoms with E-state index in [0.717, 1.165) is 18.7 Å². The van der Waals surface area contributed by atoms with Crippen molar-refractivity contribution in [1.29, 1.82) is 0 Å². The third-order valence-corrected chi connectivity index (χ3v) is 4.69. The minimum Gasteiger partial charge on any atom is -0.355 e. The highest BCUT2D eigenvalue weighted by Gasteiger charge is 2.17. The molecule has 4 nitrogen and oxygen atoms in total. The molecule has 4 heteroatoms. The molecule has 1 fully saturated rings. The van der Waals surface area contributed by atoms with Crippen LogP contribution in [-0.2, 0) is 11.2 Å². The number of likely N-dealkylation sites (N-methyl/N-ethyl adjacent to an activating group) is 1. The Balaban J connectivity index is 1.68. The number of rotatable bonds is 7. The number of carbonyl (C=O) groups is 1. The fraction of sp³-hybridized carbons (Fsp3) is 0.667. The van der Waals surface area contributed by atoms with Crippen molar-refractivity contribution in [3.63, 3.8) is 0 Å². The minimum atomic E-state index is 0.140. The van der Waals surface area contributed by atoms with E-state index < -0.39 is 0 Å². The molecular formula is C18H29N3O. The maximum absolute atomic E-state index is 12.1. The molecule has 0 saturated heterocycles. The van der Waals surface area contributed by atoms with Crippen LogP contribution in [0.1, 0.15) is 44.7 Å². The Kier molecular flexibility index (Phi) is 6.84. The van der Waals surface area contributed by atoms with Crippen molar-refractivity contribution >= 4 is 5.91 Å². The highest BCUT2D eigenvalue weighted by molar-refractivity contribution is 5.78. The van der Waals surface area contributed by atoms with Gasteiger partial charge >= 0.3 is 0 Å². The molecule has 122 valence electrons. The lowest BCUT2D eigenvalue weighted by molar-refractivity contribution is -0.122. The van der Waals surface area contributed by atoms with Crippen molar-refractivity contribution in [2.75, 3.05) is 20.1 Å². The molecule has 2 rings (SSSR count). The molecule has 1 aliphatic carbocycles. The fourth-order valence-electron chi connectivity index (χ4n) is 3.07. The summed E-state index contributed by atoms with van der Waals surface area (Å²) in [4.78, 5) is 18.5. The lowest BCUT2D eigenvalue weighted by Gasteiger charge is -2.25. The van der Waals surface area contributed by atoms with Crippen molar-refractivity contribution < 1.29 is 4.79 Å². The van der Waals surface area contributed by atoms with Crippen LogP contribution in [0.4, 0.5) is 0 Å². The Morgan fingerprint density at radius 3 is 2.82 bits per heavy atom. The number of nitrogens with one attached hydrogen (secondary N) is 1. The summed E-state index contributed by atoms with van der Waals surface area (Å²) in [5.74, 6) is 0.829. The summed E-state index contributed by atoms with van der Waals surface area (Å²) in [6.07, 6.45) is 9.23. The quantitative estimate of drug-likeness (QED) is 0.842. The van der Waals surface area contributed by atoms with Gasteiger partial charge < -0.3 is 5.32 Å². The first-order valence-corrected chi connectivity index (χ1v) is 8.52. The number of amides is 1. The lowest BCUT2D eigenvalue weighted by Crippen LogP contribution is -2.41. The molecule has 1 aromatic heterocycles. The zero-order valence-corrected chi connectivity index (χ0v) is 13.9. The van der Waals surface area contributed by atoms with E-state index in [1.54, 1.807) is 0 Å². The molecule has 1 amide bonds. The van der Waals surface area contributed by atoms with Crippen LogP contribution in [0, 0.1) is 5.92 Å². The predicted octanol–water partition coefficient (Wildman–Crippen LogP) is 2.64. The maximum atomic E-state index is 12.1. The Morgan fingerprint density at radius 2 is 2.14 bits per heavy atom. The summed E-state index contributed by atoms with van der Waals surface area (Å²) in [5.41, 5.74) is 1.07. The number of hydrogen-bond acceptors (Lipinski definition) is 3. The number of pyridine rings is 1. The number of hydrogen-bond donors (Lipinski definition) is 1. The van der Waals surface area contributed by atoms with Crippen LogP contribution >= 0.6 is 0 Å². The predicted molar refractivity (Wildman–Crippen MR) is 89.6 cm³/mol. The van der Waals surface area contributed by atoms with E-state index in [-0.39, 0.29) is 5.91 Å². The molecule has 0 aromatic carbocycles. The van der Waals surface area contributed by atoms with E-state index in [0.29, 0.717) is 18.5 Å². The second kappa shape index (κ2) is 8.89. The summed E-state index contributed by atoms with van der Waals surface area (Å²) >= 11 is 0. The summed E-state index contributed by atoms with van der Waals surface area (Å²) in [6, 6.07) is 6.27. The first kappa shape index (κ1) is 16.9.